The second kappa shape index (κ2) is 5.58. The molecule has 0 saturated carbocycles. The van der Waals surface area contributed by atoms with Crippen molar-refractivity contribution in [3.05, 3.63) is 60.2 Å². The quantitative estimate of drug-likeness (QED) is 0.454. The van der Waals surface area contributed by atoms with Gasteiger partial charge in [0.25, 0.3) is 0 Å². The molecule has 3 aromatic rings. The van der Waals surface area contributed by atoms with E-state index in [1.807, 2.05) is 48.0 Å². The molecule has 104 valence electrons. The summed E-state index contributed by atoms with van der Waals surface area (Å²) in [6.07, 6.45) is 12.5. The number of hydrogen-bond donors (Lipinski definition) is 1. The summed E-state index contributed by atoms with van der Waals surface area (Å²) in [5, 5.41) is 13.0. The van der Waals surface area contributed by atoms with Crippen molar-refractivity contribution in [1.82, 2.24) is 14.5 Å². The Morgan fingerprint density at radius 3 is 2.95 bits per heavy atom. The second-order valence-corrected chi connectivity index (χ2v) is 4.54. The van der Waals surface area contributed by atoms with Crippen molar-refractivity contribution in [2.24, 2.45) is 5.16 Å². The normalized spacial score (nSPS) is 11.9. The van der Waals surface area contributed by atoms with E-state index in [1.165, 1.54) is 6.21 Å². The molecule has 0 bridgehead atoms. The summed E-state index contributed by atoms with van der Waals surface area (Å²) in [5.74, 6) is 0.751. The van der Waals surface area contributed by atoms with Gasteiger partial charge in [0.1, 0.15) is 5.82 Å². The van der Waals surface area contributed by atoms with Gasteiger partial charge in [-0.15, -0.1) is 0 Å². The van der Waals surface area contributed by atoms with Crippen molar-refractivity contribution in [3.8, 4) is 5.82 Å². The van der Waals surface area contributed by atoms with Crippen LogP contribution in [0.5, 0.6) is 0 Å². The number of fused-ring (bicyclic) bond motifs is 1. The van der Waals surface area contributed by atoms with Gasteiger partial charge in [0.15, 0.2) is 0 Å². The van der Waals surface area contributed by atoms with Crippen molar-refractivity contribution in [3.63, 3.8) is 0 Å². The molecule has 0 atom stereocenters. The molecule has 0 amide bonds. The standard InChI is InChI=1S/C16H14N4O/c1-2-3-13-9-18-16(8-14(13)10-19-21)20-7-5-12-4-6-17-11-15(12)20/h2-11,21H,1H3/b3-2-,19-10+. The molecule has 5 nitrogen and oxygen atoms in total. The lowest BCUT2D eigenvalue weighted by Gasteiger charge is -2.07. The largest absolute Gasteiger partial charge is 0.411 e. The fourth-order valence-electron chi connectivity index (χ4n) is 2.27. The zero-order valence-corrected chi connectivity index (χ0v) is 11.5. The number of rotatable bonds is 3. The summed E-state index contributed by atoms with van der Waals surface area (Å²) in [6, 6.07) is 5.84. The first-order chi connectivity index (χ1) is 10.3. The Bertz CT molecular complexity index is 833. The zero-order chi connectivity index (χ0) is 14.7. The van der Waals surface area contributed by atoms with Gasteiger partial charge in [-0.1, -0.05) is 17.3 Å². The number of hydrogen-bond acceptors (Lipinski definition) is 4. The number of allylic oxidation sites excluding steroid dienone is 1. The molecule has 0 saturated heterocycles. The molecule has 0 aliphatic rings. The maximum atomic E-state index is 8.81. The molecule has 0 aliphatic heterocycles. The summed E-state index contributed by atoms with van der Waals surface area (Å²) in [7, 11) is 0. The van der Waals surface area contributed by atoms with Gasteiger partial charge in [-0.2, -0.15) is 0 Å². The van der Waals surface area contributed by atoms with Crippen LogP contribution in [0, 0.1) is 0 Å². The Kier molecular flexibility index (Phi) is 3.47. The monoisotopic (exact) mass is 278 g/mol. The van der Waals surface area contributed by atoms with Crippen LogP contribution in [0.25, 0.3) is 22.8 Å². The van der Waals surface area contributed by atoms with Crippen LogP contribution in [0.15, 0.2) is 54.2 Å². The van der Waals surface area contributed by atoms with Crippen molar-refractivity contribution >= 4 is 23.2 Å². The predicted molar refractivity (Wildman–Crippen MR) is 83.0 cm³/mol. The Morgan fingerprint density at radius 2 is 2.14 bits per heavy atom. The van der Waals surface area contributed by atoms with E-state index < -0.39 is 0 Å². The van der Waals surface area contributed by atoms with E-state index >= 15 is 0 Å². The molecular weight excluding hydrogens is 264 g/mol. The van der Waals surface area contributed by atoms with E-state index in [0.717, 1.165) is 27.8 Å². The van der Waals surface area contributed by atoms with Crippen LogP contribution >= 0.6 is 0 Å². The highest BCUT2D eigenvalue weighted by atomic mass is 16.4. The lowest BCUT2D eigenvalue weighted by molar-refractivity contribution is 0.322. The van der Waals surface area contributed by atoms with Gasteiger partial charge < -0.3 is 5.21 Å². The van der Waals surface area contributed by atoms with E-state index in [-0.39, 0.29) is 0 Å². The van der Waals surface area contributed by atoms with Crippen LogP contribution in [0.4, 0.5) is 0 Å². The average molecular weight is 278 g/mol. The van der Waals surface area contributed by atoms with Gasteiger partial charge in [0.05, 0.1) is 17.9 Å². The van der Waals surface area contributed by atoms with Gasteiger partial charge in [0.2, 0.25) is 0 Å². The summed E-state index contributed by atoms with van der Waals surface area (Å²) in [5.41, 5.74) is 2.68. The molecule has 0 aromatic carbocycles. The van der Waals surface area contributed by atoms with Crippen LogP contribution in [-0.2, 0) is 0 Å². The number of oxime groups is 1. The lowest BCUT2D eigenvalue weighted by Crippen LogP contribution is -1.99. The molecule has 1 N–H and O–H groups in total. The Labute approximate surface area is 121 Å². The van der Waals surface area contributed by atoms with E-state index in [0.29, 0.717) is 0 Å². The molecule has 3 aromatic heterocycles. The van der Waals surface area contributed by atoms with Crippen LogP contribution in [0.1, 0.15) is 18.1 Å². The van der Waals surface area contributed by atoms with Crippen LogP contribution in [0.3, 0.4) is 0 Å². The highest BCUT2D eigenvalue weighted by Gasteiger charge is 2.07. The summed E-state index contributed by atoms with van der Waals surface area (Å²) < 4.78 is 1.95. The SMILES string of the molecule is C/C=C\c1cnc(-n2ccc3ccncc32)cc1/C=N/O. The average Bonchev–Trinajstić information content (AvgIpc) is 2.93. The van der Waals surface area contributed by atoms with Crippen LogP contribution < -0.4 is 0 Å². The van der Waals surface area contributed by atoms with E-state index in [2.05, 4.69) is 15.1 Å². The molecule has 0 spiro atoms. The first-order valence-corrected chi connectivity index (χ1v) is 6.55. The van der Waals surface area contributed by atoms with Gasteiger partial charge in [-0.3, -0.25) is 9.55 Å². The summed E-state index contributed by atoms with van der Waals surface area (Å²) in [4.78, 5) is 8.62. The molecule has 3 rings (SSSR count). The van der Waals surface area contributed by atoms with Gasteiger partial charge in [0, 0.05) is 35.1 Å². The number of pyridine rings is 2. The van der Waals surface area contributed by atoms with E-state index in [9.17, 15) is 0 Å². The minimum absolute atomic E-state index is 0.751. The maximum absolute atomic E-state index is 8.81. The number of aromatic nitrogens is 3. The highest BCUT2D eigenvalue weighted by Crippen LogP contribution is 2.20. The lowest BCUT2D eigenvalue weighted by atomic mass is 10.1. The van der Waals surface area contributed by atoms with Gasteiger partial charge in [-0.05, 0) is 25.1 Å². The third-order valence-corrected chi connectivity index (χ3v) is 3.24. The highest BCUT2D eigenvalue weighted by molar-refractivity contribution is 5.86. The predicted octanol–water partition coefficient (Wildman–Crippen LogP) is 3.26. The van der Waals surface area contributed by atoms with E-state index in [4.69, 9.17) is 5.21 Å². The molecule has 0 fully saturated rings. The fraction of sp³-hybridized carbons (Fsp3) is 0.0625. The smallest absolute Gasteiger partial charge is 0.137 e. The van der Waals surface area contributed by atoms with Gasteiger partial charge in [-0.25, -0.2) is 4.98 Å². The third-order valence-electron chi connectivity index (χ3n) is 3.24. The minimum Gasteiger partial charge on any atom is -0.411 e. The summed E-state index contributed by atoms with van der Waals surface area (Å²) >= 11 is 0. The Balaban J connectivity index is 2.16. The number of nitrogens with zero attached hydrogens (tertiary/aromatic N) is 4. The topological polar surface area (TPSA) is 63.3 Å². The van der Waals surface area contributed by atoms with Crippen molar-refractivity contribution in [2.45, 2.75) is 6.92 Å². The van der Waals surface area contributed by atoms with Crippen molar-refractivity contribution in [1.29, 1.82) is 0 Å². The van der Waals surface area contributed by atoms with Crippen LogP contribution in [-0.4, -0.2) is 26.0 Å². The molecular formula is C16H14N4O. The minimum atomic E-state index is 0.751. The van der Waals surface area contributed by atoms with Gasteiger partial charge >= 0.3 is 0 Å². The first-order valence-electron chi connectivity index (χ1n) is 6.55. The molecule has 0 unspecified atom stereocenters. The zero-order valence-electron chi connectivity index (χ0n) is 11.5. The molecule has 5 heteroatoms. The van der Waals surface area contributed by atoms with Crippen molar-refractivity contribution in [2.75, 3.05) is 0 Å². The Hall–Kier alpha value is -2.95. The Morgan fingerprint density at radius 1 is 1.24 bits per heavy atom. The fourth-order valence-corrected chi connectivity index (χ4v) is 2.27. The third kappa shape index (κ3) is 2.41. The molecule has 0 aliphatic carbocycles. The van der Waals surface area contributed by atoms with E-state index in [1.54, 1.807) is 18.6 Å². The van der Waals surface area contributed by atoms with Crippen molar-refractivity contribution < 1.29 is 5.21 Å². The first kappa shape index (κ1) is 13.1. The summed E-state index contributed by atoms with van der Waals surface area (Å²) in [6.45, 7) is 1.93. The molecule has 21 heavy (non-hydrogen) atoms. The second-order valence-electron chi connectivity index (χ2n) is 4.54. The molecule has 3 heterocycles. The van der Waals surface area contributed by atoms with Crippen LogP contribution in [0.2, 0.25) is 0 Å². The maximum Gasteiger partial charge on any atom is 0.137 e. The molecule has 0 radical (unpaired) electrons.